The van der Waals surface area contributed by atoms with Crippen molar-refractivity contribution in [2.75, 3.05) is 0 Å². The molecule has 1 aromatic rings. The van der Waals surface area contributed by atoms with Crippen molar-refractivity contribution >= 4 is 0 Å². The van der Waals surface area contributed by atoms with Crippen LogP contribution in [0.1, 0.15) is 63.1 Å². The van der Waals surface area contributed by atoms with Gasteiger partial charge in [0.2, 0.25) is 5.89 Å². The van der Waals surface area contributed by atoms with Crippen molar-refractivity contribution in [1.29, 1.82) is 0 Å². The molecule has 0 aliphatic heterocycles. The molecule has 19 heavy (non-hydrogen) atoms. The maximum absolute atomic E-state index is 5.85. The summed E-state index contributed by atoms with van der Waals surface area (Å²) in [5, 5.41) is 0. The predicted molar refractivity (Wildman–Crippen MR) is 73.4 cm³/mol. The van der Waals surface area contributed by atoms with Gasteiger partial charge in [0, 0.05) is 6.42 Å². The average molecular weight is 260 g/mol. The van der Waals surface area contributed by atoms with Crippen LogP contribution >= 0.6 is 0 Å². The smallest absolute Gasteiger partial charge is 0.210 e. The Labute approximate surface area is 115 Å². The van der Waals surface area contributed by atoms with E-state index in [1.165, 1.54) is 38.5 Å². The molecule has 5 rings (SSSR count). The molecule has 1 heterocycles. The standard InChI is InChI=1S/C16H24N2O/c1-10(17)15-18-9-14(19-15)8-16-5-11-2-12(6-16)4-13(3-11)7-16/h9-13H,2-8,17H2,1H3. The third-order valence-corrected chi connectivity index (χ3v) is 5.68. The average Bonchev–Trinajstić information content (AvgIpc) is 2.74. The predicted octanol–water partition coefficient (Wildman–Crippen LogP) is 3.45. The van der Waals surface area contributed by atoms with Crippen molar-refractivity contribution < 1.29 is 4.42 Å². The second kappa shape index (κ2) is 4.08. The van der Waals surface area contributed by atoms with Crippen LogP contribution < -0.4 is 5.73 Å². The third-order valence-electron chi connectivity index (χ3n) is 5.68. The van der Waals surface area contributed by atoms with E-state index < -0.39 is 0 Å². The van der Waals surface area contributed by atoms with Crippen molar-refractivity contribution in [3.63, 3.8) is 0 Å². The molecule has 0 radical (unpaired) electrons. The first kappa shape index (κ1) is 12.0. The molecule has 1 unspecified atom stereocenters. The second-order valence-electron chi connectivity index (χ2n) is 7.55. The van der Waals surface area contributed by atoms with E-state index in [2.05, 4.69) is 4.98 Å². The molecule has 4 saturated carbocycles. The molecular weight excluding hydrogens is 236 g/mol. The molecule has 4 fully saturated rings. The van der Waals surface area contributed by atoms with Gasteiger partial charge in [-0.15, -0.1) is 0 Å². The summed E-state index contributed by atoms with van der Waals surface area (Å²) in [7, 11) is 0. The molecule has 4 bridgehead atoms. The Morgan fingerprint density at radius 3 is 2.32 bits per heavy atom. The number of hydrogen-bond donors (Lipinski definition) is 1. The SMILES string of the molecule is CC(N)c1ncc(CC23CC4CC(CC(C4)C2)C3)o1. The minimum Gasteiger partial charge on any atom is -0.444 e. The van der Waals surface area contributed by atoms with Crippen LogP contribution in [0.3, 0.4) is 0 Å². The third kappa shape index (κ3) is 2.03. The molecule has 1 atom stereocenters. The zero-order valence-corrected chi connectivity index (χ0v) is 11.8. The van der Waals surface area contributed by atoms with Gasteiger partial charge >= 0.3 is 0 Å². The van der Waals surface area contributed by atoms with Gasteiger partial charge in [-0.05, 0) is 68.6 Å². The van der Waals surface area contributed by atoms with Gasteiger partial charge < -0.3 is 10.2 Å². The van der Waals surface area contributed by atoms with Gasteiger partial charge in [-0.3, -0.25) is 0 Å². The van der Waals surface area contributed by atoms with E-state index >= 15 is 0 Å². The summed E-state index contributed by atoms with van der Waals surface area (Å²) in [6.07, 6.45) is 11.8. The molecule has 0 saturated heterocycles. The van der Waals surface area contributed by atoms with Gasteiger partial charge in [-0.25, -0.2) is 4.98 Å². The molecule has 3 nitrogen and oxygen atoms in total. The summed E-state index contributed by atoms with van der Waals surface area (Å²) in [4.78, 5) is 4.32. The van der Waals surface area contributed by atoms with E-state index in [0.29, 0.717) is 11.3 Å². The number of rotatable bonds is 3. The van der Waals surface area contributed by atoms with Gasteiger partial charge in [0.25, 0.3) is 0 Å². The van der Waals surface area contributed by atoms with Crippen LogP contribution in [-0.4, -0.2) is 4.98 Å². The first-order valence-electron chi connectivity index (χ1n) is 7.82. The molecule has 4 aliphatic carbocycles. The summed E-state index contributed by atoms with van der Waals surface area (Å²) in [5.41, 5.74) is 6.36. The van der Waals surface area contributed by atoms with Crippen molar-refractivity contribution in [1.82, 2.24) is 4.98 Å². The van der Waals surface area contributed by atoms with Crippen LogP contribution in [-0.2, 0) is 6.42 Å². The van der Waals surface area contributed by atoms with Crippen LogP contribution in [0.5, 0.6) is 0 Å². The largest absolute Gasteiger partial charge is 0.444 e. The van der Waals surface area contributed by atoms with Gasteiger partial charge in [0.05, 0.1) is 12.2 Å². The van der Waals surface area contributed by atoms with Gasteiger partial charge in [-0.2, -0.15) is 0 Å². The Kier molecular flexibility index (Phi) is 2.57. The van der Waals surface area contributed by atoms with E-state index in [-0.39, 0.29) is 6.04 Å². The Balaban J connectivity index is 1.55. The molecule has 0 spiro atoms. The lowest BCUT2D eigenvalue weighted by atomic mass is 9.49. The topological polar surface area (TPSA) is 52.0 Å². The highest BCUT2D eigenvalue weighted by Crippen LogP contribution is 2.61. The van der Waals surface area contributed by atoms with Crippen molar-refractivity contribution in [3.05, 3.63) is 17.8 Å². The molecule has 1 aromatic heterocycles. The Bertz CT molecular complexity index is 442. The van der Waals surface area contributed by atoms with Crippen LogP contribution in [0, 0.1) is 23.2 Å². The summed E-state index contributed by atoms with van der Waals surface area (Å²) in [6, 6.07) is -0.0925. The van der Waals surface area contributed by atoms with Crippen molar-refractivity contribution in [3.8, 4) is 0 Å². The van der Waals surface area contributed by atoms with E-state index in [4.69, 9.17) is 10.2 Å². The molecule has 3 heteroatoms. The maximum Gasteiger partial charge on any atom is 0.210 e. The van der Waals surface area contributed by atoms with E-state index in [9.17, 15) is 0 Å². The fourth-order valence-electron chi connectivity index (χ4n) is 5.49. The zero-order chi connectivity index (χ0) is 13.0. The van der Waals surface area contributed by atoms with E-state index in [1.807, 2.05) is 13.1 Å². The molecule has 0 aromatic carbocycles. The van der Waals surface area contributed by atoms with Crippen LogP contribution in [0.25, 0.3) is 0 Å². The first-order chi connectivity index (χ1) is 9.12. The fourth-order valence-corrected chi connectivity index (χ4v) is 5.49. The lowest BCUT2D eigenvalue weighted by Crippen LogP contribution is -2.46. The van der Waals surface area contributed by atoms with Crippen molar-refractivity contribution in [2.45, 2.75) is 57.9 Å². The lowest BCUT2D eigenvalue weighted by molar-refractivity contribution is -0.0545. The summed E-state index contributed by atoms with van der Waals surface area (Å²) in [6.45, 7) is 1.93. The molecular formula is C16H24N2O. The van der Waals surface area contributed by atoms with Crippen molar-refractivity contribution in [2.24, 2.45) is 28.9 Å². The monoisotopic (exact) mass is 260 g/mol. The highest BCUT2D eigenvalue weighted by Gasteiger charge is 2.51. The Hall–Kier alpha value is -0.830. The highest BCUT2D eigenvalue weighted by molar-refractivity contribution is 5.08. The summed E-state index contributed by atoms with van der Waals surface area (Å²) >= 11 is 0. The maximum atomic E-state index is 5.85. The normalized spacial score (nSPS) is 41.7. The summed E-state index contributed by atoms with van der Waals surface area (Å²) in [5.74, 6) is 4.76. The number of nitrogens with two attached hydrogens (primary N) is 1. The number of nitrogens with zero attached hydrogens (tertiary/aromatic N) is 1. The molecule has 4 aliphatic rings. The highest BCUT2D eigenvalue weighted by atomic mass is 16.4. The fraction of sp³-hybridized carbons (Fsp3) is 0.812. The van der Waals surface area contributed by atoms with Crippen LogP contribution in [0.4, 0.5) is 0 Å². The zero-order valence-electron chi connectivity index (χ0n) is 11.8. The number of hydrogen-bond acceptors (Lipinski definition) is 3. The molecule has 2 N–H and O–H groups in total. The second-order valence-corrected chi connectivity index (χ2v) is 7.55. The Morgan fingerprint density at radius 2 is 1.84 bits per heavy atom. The first-order valence-corrected chi connectivity index (χ1v) is 7.82. The van der Waals surface area contributed by atoms with E-state index in [1.54, 1.807) is 0 Å². The quantitative estimate of drug-likeness (QED) is 0.905. The summed E-state index contributed by atoms with van der Waals surface area (Å²) < 4.78 is 5.85. The minimum absolute atomic E-state index is 0.0925. The Morgan fingerprint density at radius 1 is 1.26 bits per heavy atom. The van der Waals surface area contributed by atoms with Gasteiger partial charge in [0.1, 0.15) is 5.76 Å². The molecule has 104 valence electrons. The van der Waals surface area contributed by atoms with Gasteiger partial charge in [-0.1, -0.05) is 0 Å². The number of oxazole rings is 1. The lowest BCUT2D eigenvalue weighted by Gasteiger charge is -2.56. The minimum atomic E-state index is -0.0925. The van der Waals surface area contributed by atoms with Gasteiger partial charge in [0.15, 0.2) is 0 Å². The molecule has 0 amide bonds. The van der Waals surface area contributed by atoms with E-state index in [0.717, 1.165) is 29.9 Å². The van der Waals surface area contributed by atoms with Crippen LogP contribution in [0.15, 0.2) is 10.6 Å². The number of aromatic nitrogens is 1. The van der Waals surface area contributed by atoms with Crippen LogP contribution in [0.2, 0.25) is 0 Å².